The SMILES string of the molecule is Cl.N[C@@H](c1cc2ccccc2nc1Cl)C1CCNCC1. The first-order valence-corrected chi connectivity index (χ1v) is 7.15. The molecule has 1 aromatic carbocycles. The van der Waals surface area contributed by atoms with Crippen molar-refractivity contribution in [3.05, 3.63) is 41.0 Å². The van der Waals surface area contributed by atoms with E-state index in [1.54, 1.807) is 0 Å². The van der Waals surface area contributed by atoms with Gasteiger partial charge in [0, 0.05) is 17.0 Å². The molecule has 0 unspecified atom stereocenters. The fraction of sp³-hybridized carbons (Fsp3) is 0.400. The van der Waals surface area contributed by atoms with Crippen LogP contribution in [0.15, 0.2) is 30.3 Å². The third-order valence-electron chi connectivity index (χ3n) is 3.96. The smallest absolute Gasteiger partial charge is 0.134 e. The predicted molar refractivity (Wildman–Crippen MR) is 86.5 cm³/mol. The Balaban J connectivity index is 0.00000147. The van der Waals surface area contributed by atoms with Gasteiger partial charge in [0.05, 0.1) is 5.52 Å². The van der Waals surface area contributed by atoms with Gasteiger partial charge >= 0.3 is 0 Å². The van der Waals surface area contributed by atoms with Gasteiger partial charge in [0.1, 0.15) is 5.15 Å². The van der Waals surface area contributed by atoms with E-state index in [2.05, 4.69) is 22.4 Å². The highest BCUT2D eigenvalue weighted by Crippen LogP contribution is 2.32. The summed E-state index contributed by atoms with van der Waals surface area (Å²) in [4.78, 5) is 4.46. The second-order valence-electron chi connectivity index (χ2n) is 5.17. The van der Waals surface area contributed by atoms with E-state index >= 15 is 0 Å². The second kappa shape index (κ2) is 6.72. The molecule has 1 aromatic heterocycles. The van der Waals surface area contributed by atoms with Crippen LogP contribution in [0.25, 0.3) is 10.9 Å². The third-order valence-corrected chi connectivity index (χ3v) is 4.26. The number of nitrogens with one attached hydrogen (secondary N) is 1. The number of aromatic nitrogens is 1. The maximum atomic E-state index is 6.41. The number of hydrogen-bond acceptors (Lipinski definition) is 3. The molecule has 20 heavy (non-hydrogen) atoms. The van der Waals surface area contributed by atoms with Crippen molar-refractivity contribution < 1.29 is 0 Å². The summed E-state index contributed by atoms with van der Waals surface area (Å²) < 4.78 is 0. The predicted octanol–water partition coefficient (Wildman–Crippen LogP) is 3.31. The fourth-order valence-electron chi connectivity index (χ4n) is 2.80. The third kappa shape index (κ3) is 3.07. The van der Waals surface area contributed by atoms with Crippen LogP contribution in [0.2, 0.25) is 5.15 Å². The number of fused-ring (bicyclic) bond motifs is 1. The van der Waals surface area contributed by atoms with Crippen LogP contribution in [-0.4, -0.2) is 18.1 Å². The van der Waals surface area contributed by atoms with Crippen LogP contribution in [-0.2, 0) is 0 Å². The summed E-state index contributed by atoms with van der Waals surface area (Å²) in [6.07, 6.45) is 2.20. The van der Waals surface area contributed by atoms with Gasteiger partial charge in [0.2, 0.25) is 0 Å². The normalized spacial score (nSPS) is 17.7. The van der Waals surface area contributed by atoms with Gasteiger partial charge in [-0.05, 0) is 44.0 Å². The van der Waals surface area contributed by atoms with E-state index in [-0.39, 0.29) is 18.4 Å². The molecule has 1 aliphatic heterocycles. The molecule has 1 aliphatic rings. The first-order valence-electron chi connectivity index (χ1n) is 6.77. The molecule has 1 atom stereocenters. The lowest BCUT2D eigenvalue weighted by Gasteiger charge is -2.28. The summed E-state index contributed by atoms with van der Waals surface area (Å²) in [5, 5.41) is 5.01. The van der Waals surface area contributed by atoms with Crippen LogP contribution in [0.3, 0.4) is 0 Å². The number of nitrogens with two attached hydrogens (primary N) is 1. The minimum absolute atomic E-state index is 0. The number of rotatable bonds is 2. The van der Waals surface area contributed by atoms with Crippen molar-refractivity contribution in [3.63, 3.8) is 0 Å². The van der Waals surface area contributed by atoms with E-state index in [1.165, 1.54) is 0 Å². The van der Waals surface area contributed by atoms with Crippen LogP contribution < -0.4 is 11.1 Å². The van der Waals surface area contributed by atoms with E-state index in [4.69, 9.17) is 17.3 Å². The van der Waals surface area contributed by atoms with Crippen molar-refractivity contribution in [1.29, 1.82) is 0 Å². The van der Waals surface area contributed by atoms with Crippen molar-refractivity contribution in [2.24, 2.45) is 11.7 Å². The van der Waals surface area contributed by atoms with Gasteiger partial charge in [-0.25, -0.2) is 4.98 Å². The van der Waals surface area contributed by atoms with Gasteiger partial charge in [-0.3, -0.25) is 0 Å². The number of benzene rings is 1. The quantitative estimate of drug-likeness (QED) is 0.837. The lowest BCUT2D eigenvalue weighted by molar-refractivity contribution is 0.322. The van der Waals surface area contributed by atoms with Crippen LogP contribution >= 0.6 is 24.0 Å². The average molecular weight is 312 g/mol. The summed E-state index contributed by atoms with van der Waals surface area (Å²) in [5.74, 6) is 0.488. The summed E-state index contributed by atoms with van der Waals surface area (Å²) in [6.45, 7) is 2.08. The molecular formula is C15H19Cl2N3. The molecule has 0 spiro atoms. The Morgan fingerprint density at radius 3 is 2.70 bits per heavy atom. The zero-order chi connectivity index (χ0) is 13.2. The number of para-hydroxylation sites is 1. The molecular weight excluding hydrogens is 293 g/mol. The molecule has 0 amide bonds. The molecule has 0 aliphatic carbocycles. The number of pyridine rings is 1. The summed E-state index contributed by atoms with van der Waals surface area (Å²) in [7, 11) is 0. The molecule has 0 bridgehead atoms. The van der Waals surface area contributed by atoms with Gasteiger partial charge in [-0.2, -0.15) is 0 Å². The number of nitrogens with zero attached hydrogens (tertiary/aromatic N) is 1. The molecule has 3 nitrogen and oxygen atoms in total. The van der Waals surface area contributed by atoms with Gasteiger partial charge in [0.25, 0.3) is 0 Å². The summed E-state index contributed by atoms with van der Waals surface area (Å²) in [5.41, 5.74) is 8.31. The lowest BCUT2D eigenvalue weighted by atomic mass is 9.87. The van der Waals surface area contributed by atoms with Crippen molar-refractivity contribution in [2.45, 2.75) is 18.9 Å². The Morgan fingerprint density at radius 1 is 1.25 bits per heavy atom. The van der Waals surface area contributed by atoms with Crippen LogP contribution in [0.4, 0.5) is 0 Å². The van der Waals surface area contributed by atoms with Gasteiger partial charge in [-0.1, -0.05) is 29.8 Å². The Hall–Kier alpha value is -0.870. The lowest BCUT2D eigenvalue weighted by Crippen LogP contribution is -2.34. The molecule has 3 rings (SSSR count). The second-order valence-corrected chi connectivity index (χ2v) is 5.53. The maximum Gasteiger partial charge on any atom is 0.134 e. The molecule has 2 heterocycles. The minimum atomic E-state index is -0.0216. The van der Waals surface area contributed by atoms with Crippen LogP contribution in [0, 0.1) is 5.92 Å². The minimum Gasteiger partial charge on any atom is -0.324 e. The highest BCUT2D eigenvalue weighted by Gasteiger charge is 2.24. The summed E-state index contributed by atoms with van der Waals surface area (Å²) in [6, 6.07) is 10.1. The van der Waals surface area contributed by atoms with Crippen LogP contribution in [0.1, 0.15) is 24.4 Å². The Labute approximate surface area is 130 Å². The van der Waals surface area contributed by atoms with Crippen molar-refractivity contribution in [3.8, 4) is 0 Å². The van der Waals surface area contributed by atoms with E-state index in [0.29, 0.717) is 11.1 Å². The molecule has 0 radical (unpaired) electrons. The molecule has 5 heteroatoms. The van der Waals surface area contributed by atoms with Crippen LogP contribution in [0.5, 0.6) is 0 Å². The number of hydrogen-bond donors (Lipinski definition) is 2. The van der Waals surface area contributed by atoms with Crippen molar-refractivity contribution in [1.82, 2.24) is 10.3 Å². The number of halogens is 2. The van der Waals surface area contributed by atoms with E-state index in [1.807, 2.05) is 18.2 Å². The fourth-order valence-corrected chi connectivity index (χ4v) is 3.07. The number of piperidine rings is 1. The monoisotopic (exact) mass is 311 g/mol. The van der Waals surface area contributed by atoms with E-state index in [9.17, 15) is 0 Å². The molecule has 3 N–H and O–H groups in total. The zero-order valence-corrected chi connectivity index (χ0v) is 12.8. The first kappa shape index (κ1) is 15.5. The average Bonchev–Trinajstić information content (AvgIpc) is 2.47. The molecule has 108 valence electrons. The highest BCUT2D eigenvalue weighted by atomic mass is 35.5. The van der Waals surface area contributed by atoms with Gasteiger partial charge < -0.3 is 11.1 Å². The van der Waals surface area contributed by atoms with E-state index < -0.39 is 0 Å². The standard InChI is InChI=1S/C15H18ClN3.ClH/c16-15-12(14(17)10-5-7-18-8-6-10)9-11-3-1-2-4-13(11)19-15;/h1-4,9-10,14,18H,5-8,17H2;1H/t14-;/m1./s1. The maximum absolute atomic E-state index is 6.41. The Morgan fingerprint density at radius 2 is 1.95 bits per heavy atom. The van der Waals surface area contributed by atoms with E-state index in [0.717, 1.165) is 42.4 Å². The Kier molecular flexibility index (Phi) is 5.22. The topological polar surface area (TPSA) is 50.9 Å². The largest absolute Gasteiger partial charge is 0.324 e. The summed E-state index contributed by atoms with van der Waals surface area (Å²) >= 11 is 6.31. The van der Waals surface area contributed by atoms with Gasteiger partial charge in [-0.15, -0.1) is 12.4 Å². The first-order chi connectivity index (χ1) is 9.25. The molecule has 1 saturated heterocycles. The van der Waals surface area contributed by atoms with Gasteiger partial charge in [0.15, 0.2) is 0 Å². The molecule has 2 aromatic rings. The van der Waals surface area contributed by atoms with Crippen molar-refractivity contribution in [2.75, 3.05) is 13.1 Å². The zero-order valence-electron chi connectivity index (χ0n) is 11.2. The Bertz CT molecular complexity index is 582. The molecule has 1 fully saturated rings. The molecule has 0 saturated carbocycles. The van der Waals surface area contributed by atoms with Crippen molar-refractivity contribution >= 4 is 34.9 Å². The highest BCUT2D eigenvalue weighted by molar-refractivity contribution is 6.30.